The molecule has 0 aliphatic carbocycles. The average Bonchev–Trinajstić information content (AvgIpc) is 3.18. The van der Waals surface area contributed by atoms with Gasteiger partial charge in [0.15, 0.2) is 16.7 Å². The van der Waals surface area contributed by atoms with Crippen LogP contribution in [0.2, 0.25) is 0 Å². The zero-order valence-electron chi connectivity index (χ0n) is 18.7. The molecule has 1 amide bonds. The van der Waals surface area contributed by atoms with E-state index in [0.717, 1.165) is 27.8 Å². The van der Waals surface area contributed by atoms with Gasteiger partial charge in [-0.15, -0.1) is 0 Å². The van der Waals surface area contributed by atoms with Crippen LogP contribution < -0.4 is 14.2 Å². The summed E-state index contributed by atoms with van der Waals surface area (Å²) in [5.74, 6) is -0.360. The van der Waals surface area contributed by atoms with Crippen molar-refractivity contribution in [3.63, 3.8) is 0 Å². The summed E-state index contributed by atoms with van der Waals surface area (Å²) in [5, 5.41) is 14.0. The van der Waals surface area contributed by atoms with Crippen molar-refractivity contribution in [2.45, 2.75) is 4.90 Å². The Morgan fingerprint density at radius 2 is 1.89 bits per heavy atom. The van der Waals surface area contributed by atoms with Crippen molar-refractivity contribution in [2.24, 2.45) is 4.99 Å². The number of methoxy groups -OCH3 is 1. The Morgan fingerprint density at radius 1 is 1.16 bits per heavy atom. The topological polar surface area (TPSA) is 137 Å². The third kappa shape index (κ3) is 6.49. The van der Waals surface area contributed by atoms with E-state index < -0.39 is 15.0 Å². The molecule has 1 saturated heterocycles. The van der Waals surface area contributed by atoms with Gasteiger partial charge in [0.05, 0.1) is 27.1 Å². The van der Waals surface area contributed by atoms with Crippen LogP contribution in [0.15, 0.2) is 79.9 Å². The molecular formula is C23H15BrIN3O7S2. The SMILES string of the molecule is COc1cc(/C=C2/SC(=Nc3cccc(I)c3)NC2=O)cc(Br)c1OS(=O)(=O)c1ccc([N+](=O)[O-])cc1. The van der Waals surface area contributed by atoms with Gasteiger partial charge in [-0.3, -0.25) is 14.9 Å². The number of nitrogens with zero attached hydrogens (tertiary/aromatic N) is 2. The molecular weight excluding hydrogens is 701 g/mol. The van der Waals surface area contributed by atoms with Crippen LogP contribution in [0.3, 0.4) is 0 Å². The Hall–Kier alpha value is -2.95. The molecule has 0 aromatic heterocycles. The summed E-state index contributed by atoms with van der Waals surface area (Å²) in [4.78, 5) is 27.3. The van der Waals surface area contributed by atoms with Gasteiger partial charge in [-0.25, -0.2) is 4.99 Å². The van der Waals surface area contributed by atoms with Crippen LogP contribution in [-0.2, 0) is 14.9 Å². The molecule has 37 heavy (non-hydrogen) atoms. The summed E-state index contributed by atoms with van der Waals surface area (Å²) in [6.45, 7) is 0. The highest BCUT2D eigenvalue weighted by Gasteiger charge is 2.26. The van der Waals surface area contributed by atoms with E-state index >= 15 is 0 Å². The second-order valence-corrected chi connectivity index (χ2v) is 12.0. The largest absolute Gasteiger partial charge is 0.493 e. The molecule has 0 atom stereocenters. The maximum Gasteiger partial charge on any atom is 0.339 e. The number of ether oxygens (including phenoxy) is 1. The molecule has 0 saturated carbocycles. The average molecular weight is 716 g/mol. The zero-order valence-corrected chi connectivity index (χ0v) is 24.1. The predicted octanol–water partition coefficient (Wildman–Crippen LogP) is 5.63. The molecule has 1 aliphatic heterocycles. The highest BCUT2D eigenvalue weighted by atomic mass is 127. The Kier molecular flexibility index (Phi) is 8.20. The first-order valence-corrected chi connectivity index (χ1v) is 14.3. The first-order valence-electron chi connectivity index (χ1n) is 10.2. The van der Waals surface area contributed by atoms with E-state index in [1.807, 2.05) is 24.3 Å². The third-order valence-corrected chi connectivity index (χ3v) is 8.17. The van der Waals surface area contributed by atoms with E-state index in [4.69, 9.17) is 8.92 Å². The van der Waals surface area contributed by atoms with Crippen LogP contribution in [0.1, 0.15) is 5.56 Å². The lowest BCUT2D eigenvalue weighted by atomic mass is 10.2. The maximum atomic E-state index is 12.8. The highest BCUT2D eigenvalue weighted by molar-refractivity contribution is 14.1. The minimum Gasteiger partial charge on any atom is -0.493 e. The summed E-state index contributed by atoms with van der Waals surface area (Å²) in [5.41, 5.74) is 0.990. The monoisotopic (exact) mass is 715 g/mol. The Morgan fingerprint density at radius 3 is 2.54 bits per heavy atom. The first-order chi connectivity index (χ1) is 17.6. The van der Waals surface area contributed by atoms with Gasteiger partial charge in [0.1, 0.15) is 4.90 Å². The molecule has 1 heterocycles. The molecule has 3 aromatic carbocycles. The lowest BCUT2D eigenvalue weighted by Crippen LogP contribution is -2.19. The van der Waals surface area contributed by atoms with Gasteiger partial charge in [0.2, 0.25) is 0 Å². The Bertz CT molecular complexity index is 1580. The Balaban J connectivity index is 1.59. The van der Waals surface area contributed by atoms with Crippen molar-refractivity contribution in [1.29, 1.82) is 0 Å². The quantitative estimate of drug-likeness (QED) is 0.109. The number of nitro benzene ring substituents is 1. The van der Waals surface area contributed by atoms with Crippen molar-refractivity contribution in [1.82, 2.24) is 5.32 Å². The van der Waals surface area contributed by atoms with Gasteiger partial charge in [-0.1, -0.05) is 6.07 Å². The van der Waals surface area contributed by atoms with Gasteiger partial charge in [0.25, 0.3) is 11.6 Å². The lowest BCUT2D eigenvalue weighted by Gasteiger charge is -2.13. The highest BCUT2D eigenvalue weighted by Crippen LogP contribution is 2.40. The molecule has 3 aromatic rings. The summed E-state index contributed by atoms with van der Waals surface area (Å²) in [7, 11) is -2.99. The number of non-ortho nitro benzene ring substituents is 1. The van der Waals surface area contributed by atoms with Crippen LogP contribution >= 0.6 is 50.3 Å². The van der Waals surface area contributed by atoms with Crippen LogP contribution in [-0.4, -0.2) is 31.5 Å². The van der Waals surface area contributed by atoms with Crippen LogP contribution in [0.4, 0.5) is 11.4 Å². The molecule has 14 heteroatoms. The number of carbonyl (C=O) groups is 1. The standard InChI is InChI=1S/C23H15BrIN3O7S2/c1-34-19-10-13(11-20-22(29)27-23(36-20)26-15-4-2-3-14(25)12-15)9-18(24)21(19)35-37(32,33)17-7-5-16(6-8-17)28(30)31/h2-12H,1H3,(H,26,27,29)/b20-11+. The summed E-state index contributed by atoms with van der Waals surface area (Å²) in [6, 6.07) is 14.9. The minimum atomic E-state index is -4.33. The molecule has 0 spiro atoms. The van der Waals surface area contributed by atoms with Gasteiger partial charge in [-0.05, 0) is 104 Å². The van der Waals surface area contributed by atoms with Crippen molar-refractivity contribution in [3.05, 3.63) is 89.3 Å². The number of hydrogen-bond donors (Lipinski definition) is 1. The number of amides is 1. The summed E-state index contributed by atoms with van der Waals surface area (Å²) >= 11 is 6.65. The maximum absolute atomic E-state index is 12.8. The molecule has 10 nitrogen and oxygen atoms in total. The molecule has 4 rings (SSSR count). The predicted molar refractivity (Wildman–Crippen MR) is 152 cm³/mol. The zero-order chi connectivity index (χ0) is 26.7. The second kappa shape index (κ2) is 11.2. The fourth-order valence-electron chi connectivity index (χ4n) is 3.09. The van der Waals surface area contributed by atoms with Gasteiger partial charge in [-0.2, -0.15) is 8.42 Å². The van der Waals surface area contributed by atoms with Gasteiger partial charge >= 0.3 is 10.1 Å². The Labute approximate surface area is 237 Å². The number of nitro groups is 1. The van der Waals surface area contributed by atoms with Crippen LogP contribution in [0, 0.1) is 13.7 Å². The normalized spacial score (nSPS) is 15.6. The molecule has 0 unspecified atom stereocenters. The van der Waals surface area contributed by atoms with E-state index in [0.29, 0.717) is 21.3 Å². The van der Waals surface area contributed by atoms with E-state index in [1.165, 1.54) is 24.9 Å². The van der Waals surface area contributed by atoms with E-state index in [1.54, 1.807) is 12.1 Å². The molecule has 1 fully saturated rings. The molecule has 0 bridgehead atoms. The van der Waals surface area contributed by atoms with Gasteiger partial charge < -0.3 is 14.2 Å². The number of aliphatic imine (C=N–C) groups is 1. The smallest absolute Gasteiger partial charge is 0.339 e. The number of halogens is 2. The summed E-state index contributed by atoms with van der Waals surface area (Å²) < 4.78 is 37.4. The van der Waals surface area contributed by atoms with Crippen molar-refractivity contribution in [3.8, 4) is 11.5 Å². The van der Waals surface area contributed by atoms with Crippen LogP contribution in [0.5, 0.6) is 11.5 Å². The number of hydrogen-bond acceptors (Lipinski definition) is 9. The lowest BCUT2D eigenvalue weighted by molar-refractivity contribution is -0.384. The number of thioether (sulfide) groups is 1. The first kappa shape index (κ1) is 27.1. The van der Waals surface area contributed by atoms with Crippen molar-refractivity contribution < 1.29 is 27.1 Å². The summed E-state index contributed by atoms with van der Waals surface area (Å²) in [6.07, 6.45) is 1.61. The number of benzene rings is 3. The molecule has 190 valence electrons. The fraction of sp³-hybridized carbons (Fsp3) is 0.0435. The van der Waals surface area contributed by atoms with Crippen LogP contribution in [0.25, 0.3) is 6.08 Å². The van der Waals surface area contributed by atoms with E-state index in [2.05, 4.69) is 48.8 Å². The number of amidine groups is 1. The molecule has 1 aliphatic rings. The second-order valence-electron chi connectivity index (χ2n) is 7.28. The fourth-order valence-corrected chi connectivity index (χ4v) is 6.06. The molecule has 1 N–H and O–H groups in total. The number of rotatable bonds is 7. The van der Waals surface area contributed by atoms with Crippen molar-refractivity contribution >= 4 is 88.9 Å². The third-order valence-electron chi connectivity index (χ3n) is 4.77. The van der Waals surface area contributed by atoms with Gasteiger partial charge in [0, 0.05) is 15.7 Å². The minimum absolute atomic E-state index is 0.0860. The molecule has 0 radical (unpaired) electrons. The van der Waals surface area contributed by atoms with E-state index in [9.17, 15) is 23.3 Å². The number of carbonyl (C=O) groups excluding carboxylic acids is 1. The van der Waals surface area contributed by atoms with E-state index in [-0.39, 0.29) is 32.5 Å². The van der Waals surface area contributed by atoms with Crippen molar-refractivity contribution in [2.75, 3.05) is 7.11 Å². The number of nitrogens with one attached hydrogen (secondary N) is 1.